The highest BCUT2D eigenvalue weighted by Gasteiger charge is 2.23. The van der Waals surface area contributed by atoms with E-state index in [-0.39, 0.29) is 5.57 Å². The summed E-state index contributed by atoms with van der Waals surface area (Å²) in [7, 11) is 0. The predicted molar refractivity (Wildman–Crippen MR) is 63.4 cm³/mol. The van der Waals surface area contributed by atoms with Crippen molar-refractivity contribution >= 4 is 12.1 Å². The lowest BCUT2D eigenvalue weighted by atomic mass is 10.1. The molecule has 0 radical (unpaired) electrons. The first-order valence-corrected chi connectivity index (χ1v) is 5.60. The molecule has 0 aromatic heterocycles. The molecule has 6 nitrogen and oxygen atoms in total. The minimum Gasteiger partial charge on any atom is -0.428 e. The van der Waals surface area contributed by atoms with Crippen molar-refractivity contribution in [3.63, 3.8) is 0 Å². The molecule has 0 amide bonds. The van der Waals surface area contributed by atoms with E-state index in [2.05, 4.69) is 16.4 Å². The monoisotopic (exact) mass is 260 g/mol. The van der Waals surface area contributed by atoms with Crippen molar-refractivity contribution < 1.29 is 28.8 Å². The number of carbonyl (C=O) groups excluding carboxylic acids is 2. The van der Waals surface area contributed by atoms with Crippen LogP contribution in [-0.2, 0) is 24.0 Å². The smallest absolute Gasteiger partial charge is 0.428 e. The van der Waals surface area contributed by atoms with Crippen LogP contribution in [0.3, 0.4) is 0 Å². The second-order valence-corrected chi connectivity index (χ2v) is 4.40. The fraction of sp³-hybridized carbons (Fsp3) is 0.667. The zero-order valence-electron chi connectivity index (χ0n) is 11.4. The number of hydrogen-bond donors (Lipinski definition) is 0. The molecular weight excluding hydrogens is 240 g/mol. The molecule has 104 valence electrons. The largest absolute Gasteiger partial charge is 0.511 e. The third-order valence-corrected chi connectivity index (χ3v) is 2.08. The Kier molecular flexibility index (Phi) is 6.40. The van der Waals surface area contributed by atoms with E-state index in [0.717, 1.165) is 0 Å². The molecule has 1 unspecified atom stereocenters. The van der Waals surface area contributed by atoms with Gasteiger partial charge in [-0.2, -0.15) is 0 Å². The fourth-order valence-corrected chi connectivity index (χ4v) is 0.660. The molecule has 0 rings (SSSR count). The summed E-state index contributed by atoms with van der Waals surface area (Å²) in [5.74, 6) is -0.729. The SMILES string of the molecule is C=C(C)C(=O)OOC(C)OC(=O)OC(C)(C)CC. The highest BCUT2D eigenvalue weighted by Crippen LogP contribution is 2.15. The second kappa shape index (κ2) is 7.00. The van der Waals surface area contributed by atoms with Gasteiger partial charge in [0.2, 0.25) is 6.29 Å². The summed E-state index contributed by atoms with van der Waals surface area (Å²) < 4.78 is 9.74. The number of rotatable bonds is 6. The zero-order chi connectivity index (χ0) is 14.3. The van der Waals surface area contributed by atoms with E-state index in [4.69, 9.17) is 9.47 Å². The Labute approximate surface area is 107 Å². The predicted octanol–water partition coefficient (Wildman–Crippen LogP) is 2.73. The maximum atomic E-state index is 11.3. The van der Waals surface area contributed by atoms with E-state index in [1.807, 2.05) is 6.92 Å². The Bertz CT molecular complexity index is 321. The van der Waals surface area contributed by atoms with Crippen LogP contribution in [0, 0.1) is 0 Å². The Balaban J connectivity index is 4.02. The molecule has 1 atom stereocenters. The third-order valence-electron chi connectivity index (χ3n) is 2.08. The van der Waals surface area contributed by atoms with E-state index >= 15 is 0 Å². The molecule has 0 saturated heterocycles. The van der Waals surface area contributed by atoms with Gasteiger partial charge in [-0.25, -0.2) is 9.59 Å². The third kappa shape index (κ3) is 6.90. The Hall–Kier alpha value is -1.56. The molecule has 0 bridgehead atoms. The molecule has 0 saturated carbocycles. The van der Waals surface area contributed by atoms with Crippen molar-refractivity contribution in [2.75, 3.05) is 0 Å². The average molecular weight is 260 g/mol. The summed E-state index contributed by atoms with van der Waals surface area (Å²) in [6.45, 7) is 11.6. The van der Waals surface area contributed by atoms with Crippen LogP contribution in [0.2, 0.25) is 0 Å². The highest BCUT2D eigenvalue weighted by atomic mass is 17.2. The minimum atomic E-state index is -1.06. The summed E-state index contributed by atoms with van der Waals surface area (Å²) in [6, 6.07) is 0. The van der Waals surface area contributed by atoms with Gasteiger partial charge in [0, 0.05) is 12.5 Å². The summed E-state index contributed by atoms with van der Waals surface area (Å²) in [6.07, 6.45) is -1.31. The molecule has 0 heterocycles. The van der Waals surface area contributed by atoms with Gasteiger partial charge in [0.25, 0.3) is 0 Å². The first kappa shape index (κ1) is 16.4. The van der Waals surface area contributed by atoms with E-state index < -0.39 is 24.0 Å². The fourth-order valence-electron chi connectivity index (χ4n) is 0.660. The lowest BCUT2D eigenvalue weighted by Crippen LogP contribution is -2.30. The highest BCUT2D eigenvalue weighted by molar-refractivity contribution is 5.86. The molecule has 0 spiro atoms. The average Bonchev–Trinajstić information content (AvgIpc) is 2.24. The van der Waals surface area contributed by atoms with E-state index in [0.29, 0.717) is 6.42 Å². The van der Waals surface area contributed by atoms with Crippen molar-refractivity contribution in [1.29, 1.82) is 0 Å². The van der Waals surface area contributed by atoms with Crippen LogP contribution in [0.15, 0.2) is 12.2 Å². The second-order valence-electron chi connectivity index (χ2n) is 4.40. The molecule has 0 N–H and O–H groups in total. The van der Waals surface area contributed by atoms with Gasteiger partial charge in [-0.3, -0.25) is 4.89 Å². The van der Waals surface area contributed by atoms with Crippen molar-refractivity contribution in [2.24, 2.45) is 0 Å². The molecule has 0 aliphatic carbocycles. The first-order valence-electron chi connectivity index (χ1n) is 5.60. The normalized spacial score (nSPS) is 12.5. The van der Waals surface area contributed by atoms with Gasteiger partial charge in [-0.05, 0) is 27.2 Å². The van der Waals surface area contributed by atoms with Gasteiger partial charge in [0.15, 0.2) is 0 Å². The molecule has 0 fully saturated rings. The Morgan fingerprint density at radius 2 is 1.89 bits per heavy atom. The maximum absolute atomic E-state index is 11.3. The van der Waals surface area contributed by atoms with Crippen LogP contribution in [0.4, 0.5) is 4.79 Å². The first-order chi connectivity index (χ1) is 8.18. The number of hydrogen-bond acceptors (Lipinski definition) is 6. The van der Waals surface area contributed by atoms with Crippen LogP contribution >= 0.6 is 0 Å². The summed E-state index contributed by atoms with van der Waals surface area (Å²) in [4.78, 5) is 31.2. The van der Waals surface area contributed by atoms with Crippen molar-refractivity contribution in [2.45, 2.75) is 52.9 Å². The molecule has 0 aliphatic rings. The van der Waals surface area contributed by atoms with Crippen LogP contribution in [0.5, 0.6) is 0 Å². The van der Waals surface area contributed by atoms with Crippen molar-refractivity contribution in [3.05, 3.63) is 12.2 Å². The number of ether oxygens (including phenoxy) is 2. The maximum Gasteiger partial charge on any atom is 0.511 e. The van der Waals surface area contributed by atoms with Gasteiger partial charge < -0.3 is 9.47 Å². The topological polar surface area (TPSA) is 71.1 Å². The molecular formula is C12H20O6. The van der Waals surface area contributed by atoms with Crippen LogP contribution in [-0.4, -0.2) is 24.0 Å². The van der Waals surface area contributed by atoms with Crippen molar-refractivity contribution in [1.82, 2.24) is 0 Å². The van der Waals surface area contributed by atoms with E-state index in [9.17, 15) is 9.59 Å². The molecule has 6 heteroatoms. The zero-order valence-corrected chi connectivity index (χ0v) is 11.4. The Morgan fingerprint density at radius 1 is 1.33 bits per heavy atom. The van der Waals surface area contributed by atoms with Crippen molar-refractivity contribution in [3.8, 4) is 0 Å². The van der Waals surface area contributed by atoms with E-state index in [1.165, 1.54) is 13.8 Å². The van der Waals surface area contributed by atoms with Crippen LogP contribution in [0.25, 0.3) is 0 Å². The summed E-state index contributed by atoms with van der Waals surface area (Å²) in [5, 5.41) is 0. The van der Waals surface area contributed by atoms with Gasteiger partial charge >= 0.3 is 12.1 Å². The summed E-state index contributed by atoms with van der Waals surface area (Å²) >= 11 is 0. The molecule has 18 heavy (non-hydrogen) atoms. The van der Waals surface area contributed by atoms with Gasteiger partial charge in [0.05, 0.1) is 0 Å². The molecule has 0 aromatic rings. The van der Waals surface area contributed by atoms with E-state index in [1.54, 1.807) is 13.8 Å². The van der Waals surface area contributed by atoms with Gasteiger partial charge in [0.1, 0.15) is 5.60 Å². The lowest BCUT2D eigenvalue weighted by molar-refractivity contribution is -0.336. The summed E-state index contributed by atoms with van der Waals surface area (Å²) in [5.41, 5.74) is -0.442. The molecule has 0 aliphatic heterocycles. The lowest BCUT2D eigenvalue weighted by Gasteiger charge is -2.23. The minimum absolute atomic E-state index is 0.178. The van der Waals surface area contributed by atoms with Gasteiger partial charge in [-0.1, -0.05) is 13.5 Å². The quantitative estimate of drug-likeness (QED) is 0.240. The van der Waals surface area contributed by atoms with Crippen LogP contribution in [0.1, 0.15) is 41.0 Å². The number of carbonyl (C=O) groups is 2. The molecule has 0 aromatic carbocycles. The standard InChI is InChI=1S/C12H20O6/c1-7-12(5,6)16-11(14)15-9(4)17-18-10(13)8(2)3/h9H,2,7H2,1,3-6H3. The Morgan fingerprint density at radius 3 is 2.33 bits per heavy atom. The van der Waals surface area contributed by atoms with Gasteiger partial charge in [-0.15, -0.1) is 4.89 Å². The van der Waals surface area contributed by atoms with Crippen LogP contribution < -0.4 is 0 Å².